The van der Waals surface area contributed by atoms with Gasteiger partial charge in [-0.3, -0.25) is 14.4 Å². The number of hydrogen-bond acceptors (Lipinski definition) is 6. The third-order valence-electron chi connectivity index (χ3n) is 4.65. The van der Waals surface area contributed by atoms with Gasteiger partial charge in [0.2, 0.25) is 0 Å². The summed E-state index contributed by atoms with van der Waals surface area (Å²) in [6, 6.07) is 22.8. The Morgan fingerprint density at radius 2 is 1.56 bits per heavy atom. The molecule has 2 N–H and O–H groups in total. The number of nitrogens with one attached hydrogen (secondary N) is 2. The topological polar surface area (TPSA) is 93.7 Å². The van der Waals surface area contributed by atoms with E-state index in [0.29, 0.717) is 22.6 Å². The maximum absolute atomic E-state index is 13.1. The van der Waals surface area contributed by atoms with E-state index in [1.165, 1.54) is 18.9 Å². The number of esters is 1. The molecule has 0 aromatic heterocycles. The molecule has 7 nitrogen and oxygen atoms in total. The second-order valence-corrected chi connectivity index (χ2v) is 8.04. The van der Waals surface area contributed by atoms with Crippen LogP contribution in [0.15, 0.2) is 89.5 Å². The summed E-state index contributed by atoms with van der Waals surface area (Å²) in [7, 11) is 2.91. The van der Waals surface area contributed by atoms with Crippen LogP contribution in [0.4, 0.5) is 5.69 Å². The predicted molar refractivity (Wildman–Crippen MR) is 133 cm³/mol. The minimum atomic E-state index is -0.477. The van der Waals surface area contributed by atoms with Gasteiger partial charge >= 0.3 is 5.97 Å². The second-order valence-electron chi connectivity index (χ2n) is 6.99. The van der Waals surface area contributed by atoms with Gasteiger partial charge in [-0.2, -0.15) is 0 Å². The summed E-state index contributed by atoms with van der Waals surface area (Å²) < 4.78 is 9.81. The lowest BCUT2D eigenvalue weighted by molar-refractivity contribution is -0.137. The first kappa shape index (κ1) is 24.6. The fraction of sp³-hybridized carbons (Fsp3) is 0.115. The number of carbonyl (C=O) groups is 3. The van der Waals surface area contributed by atoms with Crippen LogP contribution in [0.25, 0.3) is 6.08 Å². The van der Waals surface area contributed by atoms with Crippen molar-refractivity contribution in [1.82, 2.24) is 5.32 Å². The average Bonchev–Trinajstić information content (AvgIpc) is 2.88. The molecule has 0 unspecified atom stereocenters. The molecule has 0 aliphatic rings. The normalized spacial score (nSPS) is 10.8. The first-order chi connectivity index (χ1) is 16.5. The van der Waals surface area contributed by atoms with Crippen LogP contribution in [-0.4, -0.2) is 37.8 Å². The Morgan fingerprint density at radius 1 is 0.882 bits per heavy atom. The van der Waals surface area contributed by atoms with Gasteiger partial charge in [0, 0.05) is 16.1 Å². The van der Waals surface area contributed by atoms with E-state index in [-0.39, 0.29) is 17.4 Å². The highest BCUT2D eigenvalue weighted by molar-refractivity contribution is 8.00. The molecule has 3 aromatic rings. The molecule has 0 fully saturated rings. The van der Waals surface area contributed by atoms with E-state index < -0.39 is 11.8 Å². The van der Waals surface area contributed by atoms with Crippen LogP contribution in [0.2, 0.25) is 0 Å². The number of methoxy groups -OCH3 is 2. The van der Waals surface area contributed by atoms with E-state index in [2.05, 4.69) is 15.4 Å². The molecule has 0 saturated carbocycles. The molecule has 0 saturated heterocycles. The molecule has 174 valence electrons. The summed E-state index contributed by atoms with van der Waals surface area (Å²) in [5, 5.41) is 5.50. The molecular weight excluding hydrogens is 452 g/mol. The van der Waals surface area contributed by atoms with Crippen molar-refractivity contribution in [2.45, 2.75) is 4.90 Å². The van der Waals surface area contributed by atoms with E-state index in [0.717, 1.165) is 4.90 Å². The van der Waals surface area contributed by atoms with Crippen molar-refractivity contribution in [1.29, 1.82) is 0 Å². The molecule has 34 heavy (non-hydrogen) atoms. The number of amides is 2. The van der Waals surface area contributed by atoms with Crippen molar-refractivity contribution in [2.75, 3.05) is 25.3 Å². The van der Waals surface area contributed by atoms with Gasteiger partial charge in [0.05, 0.1) is 20.0 Å². The molecule has 8 heteroatoms. The van der Waals surface area contributed by atoms with Crippen LogP contribution in [0.3, 0.4) is 0 Å². The van der Waals surface area contributed by atoms with Gasteiger partial charge in [-0.25, -0.2) is 0 Å². The molecule has 0 spiro atoms. The van der Waals surface area contributed by atoms with Crippen LogP contribution in [0.5, 0.6) is 5.75 Å². The van der Waals surface area contributed by atoms with Crippen molar-refractivity contribution in [3.8, 4) is 5.75 Å². The van der Waals surface area contributed by atoms with Crippen molar-refractivity contribution < 1.29 is 23.9 Å². The summed E-state index contributed by atoms with van der Waals surface area (Å²) >= 11 is 1.33. The summed E-state index contributed by atoms with van der Waals surface area (Å²) in [4.78, 5) is 37.9. The predicted octanol–water partition coefficient (Wildman–Crippen LogP) is 4.37. The van der Waals surface area contributed by atoms with Crippen molar-refractivity contribution >= 4 is 41.3 Å². The monoisotopic (exact) mass is 476 g/mol. The molecule has 3 rings (SSSR count). The SMILES string of the molecule is COC(=O)CSc1ccc(NC(=O)/C(=C/c2ccc(OC)cc2)NC(=O)c2ccccc2)cc1. The number of hydrogen-bond donors (Lipinski definition) is 2. The van der Waals surface area contributed by atoms with Gasteiger partial charge in [0.1, 0.15) is 11.4 Å². The van der Waals surface area contributed by atoms with Gasteiger partial charge in [-0.1, -0.05) is 30.3 Å². The number of anilines is 1. The zero-order chi connectivity index (χ0) is 24.3. The largest absolute Gasteiger partial charge is 0.497 e. The van der Waals surface area contributed by atoms with Crippen LogP contribution < -0.4 is 15.4 Å². The molecule has 0 aliphatic heterocycles. The third kappa shape index (κ3) is 7.25. The van der Waals surface area contributed by atoms with Gasteiger partial charge in [0.15, 0.2) is 0 Å². The Balaban J connectivity index is 1.77. The van der Waals surface area contributed by atoms with Gasteiger partial charge in [-0.15, -0.1) is 11.8 Å². The second kappa shape index (κ2) is 12.3. The first-order valence-electron chi connectivity index (χ1n) is 10.3. The summed E-state index contributed by atoms with van der Waals surface area (Å²) in [6.07, 6.45) is 1.59. The zero-order valence-electron chi connectivity index (χ0n) is 18.7. The fourth-order valence-electron chi connectivity index (χ4n) is 2.84. The standard InChI is InChI=1S/C26H24N2O5S/c1-32-21-12-8-18(9-13-21)16-23(28-25(30)19-6-4-3-5-7-19)26(31)27-20-10-14-22(15-11-20)34-17-24(29)33-2/h3-16H,17H2,1-2H3,(H,27,31)(H,28,30)/b23-16-. The van der Waals surface area contributed by atoms with Crippen LogP contribution in [0, 0.1) is 0 Å². The molecule has 0 bridgehead atoms. The first-order valence-corrected chi connectivity index (χ1v) is 11.3. The Labute approximate surface area is 202 Å². The number of ether oxygens (including phenoxy) is 2. The fourth-order valence-corrected chi connectivity index (χ4v) is 3.57. The maximum atomic E-state index is 13.1. The molecule has 0 heterocycles. The third-order valence-corrected chi connectivity index (χ3v) is 5.64. The molecule has 0 radical (unpaired) electrons. The highest BCUT2D eigenvalue weighted by atomic mass is 32.2. The van der Waals surface area contributed by atoms with E-state index in [1.807, 2.05) is 6.07 Å². The van der Waals surface area contributed by atoms with Crippen LogP contribution >= 0.6 is 11.8 Å². The van der Waals surface area contributed by atoms with Crippen molar-refractivity contribution in [3.63, 3.8) is 0 Å². The Bertz CT molecular complexity index is 1160. The number of benzene rings is 3. The molecule has 2 amide bonds. The summed E-state index contributed by atoms with van der Waals surface area (Å²) in [6.45, 7) is 0. The van der Waals surface area contributed by atoms with Crippen LogP contribution in [0.1, 0.15) is 15.9 Å². The summed E-state index contributed by atoms with van der Waals surface area (Å²) in [5.74, 6) is -0.311. The van der Waals surface area contributed by atoms with E-state index in [4.69, 9.17) is 4.74 Å². The van der Waals surface area contributed by atoms with E-state index in [1.54, 1.807) is 86.0 Å². The smallest absolute Gasteiger partial charge is 0.315 e. The number of thioether (sulfide) groups is 1. The number of carbonyl (C=O) groups excluding carboxylic acids is 3. The maximum Gasteiger partial charge on any atom is 0.315 e. The molecule has 0 aliphatic carbocycles. The lowest BCUT2D eigenvalue weighted by Gasteiger charge is -2.12. The minimum absolute atomic E-state index is 0.0863. The van der Waals surface area contributed by atoms with Crippen molar-refractivity contribution in [3.05, 3.63) is 95.7 Å². The lowest BCUT2D eigenvalue weighted by atomic mass is 10.1. The van der Waals surface area contributed by atoms with Gasteiger partial charge < -0.3 is 20.1 Å². The summed E-state index contributed by atoms with van der Waals surface area (Å²) in [5.41, 5.74) is 1.78. The van der Waals surface area contributed by atoms with Gasteiger partial charge in [0.25, 0.3) is 11.8 Å². The highest BCUT2D eigenvalue weighted by Gasteiger charge is 2.15. The zero-order valence-corrected chi connectivity index (χ0v) is 19.6. The molecule has 3 aromatic carbocycles. The highest BCUT2D eigenvalue weighted by Crippen LogP contribution is 2.21. The lowest BCUT2D eigenvalue weighted by Crippen LogP contribution is -2.30. The van der Waals surface area contributed by atoms with Crippen LogP contribution in [-0.2, 0) is 14.3 Å². The number of rotatable bonds is 9. The average molecular weight is 477 g/mol. The van der Waals surface area contributed by atoms with E-state index >= 15 is 0 Å². The van der Waals surface area contributed by atoms with Gasteiger partial charge in [-0.05, 0) is 60.2 Å². The Kier molecular flexibility index (Phi) is 8.88. The van der Waals surface area contributed by atoms with Crippen molar-refractivity contribution in [2.24, 2.45) is 0 Å². The quantitative estimate of drug-likeness (QED) is 0.271. The Hall–Kier alpha value is -4.04. The molecule has 0 atom stereocenters. The Morgan fingerprint density at radius 3 is 2.18 bits per heavy atom. The minimum Gasteiger partial charge on any atom is -0.497 e. The molecular formula is C26H24N2O5S. The van der Waals surface area contributed by atoms with E-state index in [9.17, 15) is 14.4 Å².